The third kappa shape index (κ3) is 3.91. The number of nitrogens with zero attached hydrogens (tertiary/aromatic N) is 2. The van der Waals surface area contributed by atoms with E-state index in [0.717, 1.165) is 5.56 Å². The van der Waals surface area contributed by atoms with Gasteiger partial charge in [0.1, 0.15) is 11.3 Å². The smallest absolute Gasteiger partial charge is 0.329 e. The molecule has 1 aromatic rings. The van der Waals surface area contributed by atoms with E-state index in [4.69, 9.17) is 4.74 Å². The summed E-state index contributed by atoms with van der Waals surface area (Å²) in [5, 5.41) is 17.6. The van der Waals surface area contributed by atoms with Gasteiger partial charge >= 0.3 is 5.97 Å². The molecule has 1 saturated heterocycles. The Morgan fingerprint density at radius 3 is 2.54 bits per heavy atom. The lowest BCUT2D eigenvalue weighted by molar-refractivity contribution is -0.151. The van der Waals surface area contributed by atoms with Crippen molar-refractivity contribution >= 4 is 23.5 Å². The molecule has 2 amide bonds. The average Bonchev–Trinajstić information content (AvgIpc) is 2.65. The van der Waals surface area contributed by atoms with Gasteiger partial charge in [-0.25, -0.2) is 9.80 Å². The second-order valence-corrected chi connectivity index (χ2v) is 6.44. The molecule has 0 bridgehead atoms. The van der Waals surface area contributed by atoms with Crippen LogP contribution in [-0.4, -0.2) is 52.4 Å². The number of aliphatic carboxylic acids is 1. The minimum absolute atomic E-state index is 0.163. The van der Waals surface area contributed by atoms with E-state index in [1.807, 2.05) is 30.3 Å². The fourth-order valence-electron chi connectivity index (χ4n) is 3.05. The first-order valence-electron chi connectivity index (χ1n) is 8.56. The Morgan fingerprint density at radius 2 is 1.88 bits per heavy atom. The zero-order valence-electron chi connectivity index (χ0n) is 14.3. The SMILES string of the molecule is O=C(NC1(C(=O)O)CCOCC1)C1=NN(Cc2ccccc2)C(=O)CC1. The van der Waals surface area contributed by atoms with Crippen LogP contribution in [0.3, 0.4) is 0 Å². The van der Waals surface area contributed by atoms with Gasteiger partial charge in [0.25, 0.3) is 5.91 Å². The molecule has 138 valence electrons. The van der Waals surface area contributed by atoms with Crippen molar-refractivity contribution in [1.29, 1.82) is 0 Å². The number of hydrogen-bond acceptors (Lipinski definition) is 5. The van der Waals surface area contributed by atoms with Crippen LogP contribution >= 0.6 is 0 Å². The number of amides is 2. The van der Waals surface area contributed by atoms with E-state index in [0.29, 0.717) is 0 Å². The van der Waals surface area contributed by atoms with Gasteiger partial charge in [0, 0.05) is 38.9 Å². The number of carbonyl (C=O) groups excluding carboxylic acids is 2. The Balaban J connectivity index is 1.74. The third-order valence-corrected chi connectivity index (χ3v) is 4.65. The van der Waals surface area contributed by atoms with Gasteiger partial charge in [0.05, 0.1) is 6.54 Å². The molecule has 8 nitrogen and oxygen atoms in total. The Hall–Kier alpha value is -2.74. The lowest BCUT2D eigenvalue weighted by Gasteiger charge is -2.34. The number of hydrazone groups is 1. The van der Waals surface area contributed by atoms with E-state index in [1.54, 1.807) is 0 Å². The van der Waals surface area contributed by atoms with Crippen molar-refractivity contribution < 1.29 is 24.2 Å². The molecule has 26 heavy (non-hydrogen) atoms. The fourth-order valence-corrected chi connectivity index (χ4v) is 3.05. The van der Waals surface area contributed by atoms with Crippen molar-refractivity contribution in [3.05, 3.63) is 35.9 Å². The van der Waals surface area contributed by atoms with Crippen LogP contribution in [0.2, 0.25) is 0 Å². The first-order valence-corrected chi connectivity index (χ1v) is 8.56. The third-order valence-electron chi connectivity index (χ3n) is 4.65. The van der Waals surface area contributed by atoms with E-state index in [1.165, 1.54) is 5.01 Å². The van der Waals surface area contributed by atoms with Gasteiger partial charge in [0.2, 0.25) is 5.91 Å². The molecule has 0 atom stereocenters. The number of hydrogen-bond donors (Lipinski definition) is 2. The maximum absolute atomic E-state index is 12.6. The number of nitrogens with one attached hydrogen (secondary N) is 1. The largest absolute Gasteiger partial charge is 0.480 e. The number of carbonyl (C=O) groups is 3. The van der Waals surface area contributed by atoms with Gasteiger partial charge in [0.15, 0.2) is 0 Å². The van der Waals surface area contributed by atoms with Gasteiger partial charge in [-0.2, -0.15) is 5.10 Å². The van der Waals surface area contributed by atoms with Crippen LogP contribution in [0.1, 0.15) is 31.2 Å². The van der Waals surface area contributed by atoms with Crippen molar-refractivity contribution in [2.24, 2.45) is 5.10 Å². The first-order chi connectivity index (χ1) is 12.5. The summed E-state index contributed by atoms with van der Waals surface area (Å²) in [4.78, 5) is 36.4. The lowest BCUT2D eigenvalue weighted by Crippen LogP contribution is -2.59. The Bertz CT molecular complexity index is 726. The minimum atomic E-state index is -1.34. The molecular formula is C18H21N3O5. The molecular weight excluding hydrogens is 338 g/mol. The number of benzene rings is 1. The van der Waals surface area contributed by atoms with Gasteiger partial charge in [-0.05, 0) is 5.56 Å². The molecule has 0 spiro atoms. The topological polar surface area (TPSA) is 108 Å². The van der Waals surface area contributed by atoms with Crippen LogP contribution in [0, 0.1) is 0 Å². The van der Waals surface area contributed by atoms with Crippen molar-refractivity contribution in [2.45, 2.75) is 37.8 Å². The molecule has 2 aliphatic heterocycles. The van der Waals surface area contributed by atoms with Crippen molar-refractivity contribution in [3.63, 3.8) is 0 Å². The Morgan fingerprint density at radius 1 is 1.19 bits per heavy atom. The number of ether oxygens (including phenoxy) is 1. The first kappa shape index (κ1) is 18.1. The van der Waals surface area contributed by atoms with E-state index in [9.17, 15) is 19.5 Å². The second kappa shape index (κ2) is 7.65. The summed E-state index contributed by atoms with van der Waals surface area (Å²) >= 11 is 0. The number of carboxylic acids is 1. The summed E-state index contributed by atoms with van der Waals surface area (Å²) in [6, 6.07) is 9.35. The van der Waals surface area contributed by atoms with Crippen LogP contribution < -0.4 is 5.32 Å². The molecule has 3 rings (SSSR count). The number of carboxylic acid groups (broad SMARTS) is 1. The van der Waals surface area contributed by atoms with Gasteiger partial charge in [-0.15, -0.1) is 0 Å². The molecule has 2 N–H and O–H groups in total. The Kier molecular flexibility index (Phi) is 5.32. The zero-order chi connectivity index (χ0) is 18.6. The van der Waals surface area contributed by atoms with Gasteiger partial charge in [-0.3, -0.25) is 9.59 Å². The van der Waals surface area contributed by atoms with Gasteiger partial charge in [-0.1, -0.05) is 30.3 Å². The molecule has 0 radical (unpaired) electrons. The molecule has 0 aliphatic carbocycles. The normalized spacial score (nSPS) is 19.6. The highest BCUT2D eigenvalue weighted by atomic mass is 16.5. The summed E-state index contributed by atoms with van der Waals surface area (Å²) in [5.41, 5.74) is -0.269. The predicted octanol–water partition coefficient (Wildman–Crippen LogP) is 0.915. The van der Waals surface area contributed by atoms with Crippen molar-refractivity contribution in [1.82, 2.24) is 10.3 Å². The van der Waals surface area contributed by atoms with Crippen LogP contribution in [0.25, 0.3) is 0 Å². The summed E-state index contributed by atoms with van der Waals surface area (Å²) in [6.07, 6.45) is 0.770. The lowest BCUT2D eigenvalue weighted by atomic mass is 9.89. The van der Waals surface area contributed by atoms with E-state index in [-0.39, 0.29) is 57.1 Å². The van der Waals surface area contributed by atoms with Crippen LogP contribution in [-0.2, 0) is 25.7 Å². The fraction of sp³-hybridized carbons (Fsp3) is 0.444. The van der Waals surface area contributed by atoms with Crippen LogP contribution in [0.4, 0.5) is 0 Å². The second-order valence-electron chi connectivity index (χ2n) is 6.44. The number of rotatable bonds is 5. The van der Waals surface area contributed by atoms with E-state index in [2.05, 4.69) is 10.4 Å². The Labute approximate surface area is 150 Å². The molecule has 0 unspecified atom stereocenters. The maximum Gasteiger partial charge on any atom is 0.329 e. The van der Waals surface area contributed by atoms with Gasteiger partial charge < -0.3 is 15.2 Å². The highest BCUT2D eigenvalue weighted by Crippen LogP contribution is 2.22. The highest BCUT2D eigenvalue weighted by molar-refractivity contribution is 6.40. The summed E-state index contributed by atoms with van der Waals surface area (Å²) in [6.45, 7) is 0.823. The molecule has 1 fully saturated rings. The highest BCUT2D eigenvalue weighted by Gasteiger charge is 2.42. The molecule has 0 aromatic heterocycles. The summed E-state index contributed by atoms with van der Waals surface area (Å²) in [7, 11) is 0. The molecule has 2 heterocycles. The minimum Gasteiger partial charge on any atom is -0.480 e. The maximum atomic E-state index is 12.6. The molecule has 2 aliphatic rings. The average molecular weight is 359 g/mol. The van der Waals surface area contributed by atoms with Crippen LogP contribution in [0.15, 0.2) is 35.4 Å². The molecule has 1 aromatic carbocycles. The molecule has 8 heteroatoms. The quantitative estimate of drug-likeness (QED) is 0.812. The monoisotopic (exact) mass is 359 g/mol. The zero-order valence-corrected chi connectivity index (χ0v) is 14.3. The van der Waals surface area contributed by atoms with Crippen molar-refractivity contribution in [2.75, 3.05) is 13.2 Å². The van der Waals surface area contributed by atoms with Crippen LogP contribution in [0.5, 0.6) is 0 Å². The molecule has 0 saturated carbocycles. The predicted molar refractivity (Wildman–Crippen MR) is 92.2 cm³/mol. The van der Waals surface area contributed by atoms with E-state index >= 15 is 0 Å². The van der Waals surface area contributed by atoms with E-state index < -0.39 is 17.4 Å². The standard InChI is InChI=1S/C18H21N3O5/c22-15-7-6-14(20-21(15)12-13-4-2-1-3-5-13)16(23)19-18(17(24)25)8-10-26-11-9-18/h1-5H,6-12H2,(H,19,23)(H,24,25). The van der Waals surface area contributed by atoms with Crippen molar-refractivity contribution in [3.8, 4) is 0 Å². The summed E-state index contributed by atoms with van der Waals surface area (Å²) in [5.74, 6) is -1.79. The summed E-state index contributed by atoms with van der Waals surface area (Å²) < 4.78 is 5.20.